The lowest BCUT2D eigenvalue weighted by atomic mass is 9.84. The minimum absolute atomic E-state index is 0. The maximum Gasteiger partial charge on any atom is 0.0488 e. The smallest absolute Gasteiger partial charge is 0.0488 e. The number of rotatable bonds is 5. The number of para-hydroxylation sites is 1. The van der Waals surface area contributed by atoms with Crippen molar-refractivity contribution in [2.45, 2.75) is 52.6 Å². The van der Waals surface area contributed by atoms with E-state index in [1.807, 2.05) is 0 Å². The summed E-state index contributed by atoms with van der Waals surface area (Å²) in [6, 6.07) is 26.5. The average molecular weight is 459 g/mol. The molecule has 0 bridgehead atoms. The van der Waals surface area contributed by atoms with Crippen LogP contribution in [0.25, 0.3) is 10.9 Å². The van der Waals surface area contributed by atoms with Gasteiger partial charge in [0, 0.05) is 29.7 Å². The maximum absolute atomic E-state index is 2.67. The molecule has 1 aromatic heterocycles. The summed E-state index contributed by atoms with van der Waals surface area (Å²) in [4.78, 5) is 2.67. The molecule has 0 amide bonds. The van der Waals surface area contributed by atoms with Gasteiger partial charge < -0.3 is 4.57 Å². The molecule has 0 saturated carbocycles. The zero-order valence-corrected chi connectivity index (χ0v) is 20.9. The third-order valence-electron chi connectivity index (χ3n) is 7.46. The van der Waals surface area contributed by atoms with E-state index in [4.69, 9.17) is 0 Å². The van der Waals surface area contributed by atoms with Crippen LogP contribution >= 0.6 is 12.4 Å². The summed E-state index contributed by atoms with van der Waals surface area (Å²) in [6.45, 7) is 11.2. The largest absolute Gasteiger partial charge is 0.340 e. The normalized spacial score (nSPS) is 15.0. The summed E-state index contributed by atoms with van der Waals surface area (Å²) >= 11 is 0. The van der Waals surface area contributed by atoms with Crippen molar-refractivity contribution in [3.05, 3.63) is 106 Å². The molecular formula is C30H35ClN2. The highest BCUT2D eigenvalue weighted by Gasteiger charge is 2.24. The Balaban J connectivity index is 0.00000259. The van der Waals surface area contributed by atoms with Gasteiger partial charge in [-0.15, -0.1) is 12.4 Å². The van der Waals surface area contributed by atoms with Gasteiger partial charge in [-0.1, -0.05) is 66.7 Å². The standard InChI is InChI=1S/C30H34N2.ClH/c1-22-10-9-11-23(2)30(22)26-16-18-31(19-17-26)21-28-24(3)32(20-25-12-5-4-6-13-25)29-15-8-7-14-27(28)29;/h4-15,26H,16-21H2,1-3H3;1H. The molecule has 3 aromatic carbocycles. The van der Waals surface area contributed by atoms with E-state index in [0.717, 1.165) is 13.1 Å². The Morgan fingerprint density at radius 3 is 2.06 bits per heavy atom. The van der Waals surface area contributed by atoms with Crippen molar-refractivity contribution in [2.24, 2.45) is 0 Å². The number of halogens is 1. The summed E-state index contributed by atoms with van der Waals surface area (Å²) in [5.74, 6) is 0.702. The van der Waals surface area contributed by atoms with Crippen molar-refractivity contribution in [3.63, 3.8) is 0 Å². The Morgan fingerprint density at radius 2 is 1.36 bits per heavy atom. The monoisotopic (exact) mass is 458 g/mol. The number of piperidine rings is 1. The van der Waals surface area contributed by atoms with Crippen LogP contribution in [0.3, 0.4) is 0 Å². The van der Waals surface area contributed by atoms with Gasteiger partial charge in [-0.2, -0.15) is 0 Å². The van der Waals surface area contributed by atoms with Crippen LogP contribution in [0.2, 0.25) is 0 Å². The van der Waals surface area contributed by atoms with Crippen LogP contribution in [0.5, 0.6) is 0 Å². The van der Waals surface area contributed by atoms with E-state index < -0.39 is 0 Å². The SMILES string of the molecule is Cc1cccc(C)c1C1CCN(Cc2c(C)n(Cc3ccccc3)c3ccccc23)CC1.Cl. The summed E-state index contributed by atoms with van der Waals surface area (Å²) in [6.07, 6.45) is 2.51. The van der Waals surface area contributed by atoms with E-state index in [1.165, 1.54) is 64.8 Å². The zero-order chi connectivity index (χ0) is 22.1. The molecule has 0 spiro atoms. The van der Waals surface area contributed by atoms with Gasteiger partial charge in [-0.25, -0.2) is 0 Å². The predicted molar refractivity (Wildman–Crippen MR) is 143 cm³/mol. The highest BCUT2D eigenvalue weighted by Crippen LogP contribution is 2.34. The van der Waals surface area contributed by atoms with Gasteiger partial charge in [0.15, 0.2) is 0 Å². The fourth-order valence-electron chi connectivity index (χ4n) is 5.75. The van der Waals surface area contributed by atoms with Gasteiger partial charge in [0.2, 0.25) is 0 Å². The van der Waals surface area contributed by atoms with Crippen LogP contribution < -0.4 is 0 Å². The molecule has 5 rings (SSSR count). The first kappa shape index (κ1) is 23.6. The Kier molecular flexibility index (Phi) is 7.26. The molecule has 1 aliphatic rings. The highest BCUT2D eigenvalue weighted by molar-refractivity contribution is 5.86. The quantitative estimate of drug-likeness (QED) is 0.302. The molecule has 1 saturated heterocycles. The van der Waals surface area contributed by atoms with Crippen LogP contribution in [-0.2, 0) is 13.1 Å². The van der Waals surface area contributed by atoms with Crippen LogP contribution in [0.1, 0.15) is 52.3 Å². The molecule has 4 aromatic rings. The Hall–Kier alpha value is -2.55. The van der Waals surface area contributed by atoms with Gasteiger partial charge in [0.1, 0.15) is 0 Å². The van der Waals surface area contributed by atoms with Gasteiger partial charge >= 0.3 is 0 Å². The molecule has 172 valence electrons. The summed E-state index contributed by atoms with van der Waals surface area (Å²) in [7, 11) is 0. The molecule has 0 atom stereocenters. The second-order valence-corrected chi connectivity index (χ2v) is 9.51. The van der Waals surface area contributed by atoms with Crippen LogP contribution in [-0.4, -0.2) is 22.6 Å². The summed E-state index contributed by atoms with van der Waals surface area (Å²) in [5.41, 5.74) is 10.1. The van der Waals surface area contributed by atoms with Crippen LogP contribution in [0.15, 0.2) is 72.8 Å². The van der Waals surface area contributed by atoms with Gasteiger partial charge in [-0.05, 0) is 86.5 Å². The second-order valence-electron chi connectivity index (χ2n) is 9.51. The number of nitrogens with zero attached hydrogens (tertiary/aromatic N) is 2. The van der Waals surface area contributed by atoms with Crippen molar-refractivity contribution in [1.29, 1.82) is 0 Å². The minimum Gasteiger partial charge on any atom is -0.340 e. The van der Waals surface area contributed by atoms with E-state index >= 15 is 0 Å². The number of fused-ring (bicyclic) bond motifs is 1. The topological polar surface area (TPSA) is 8.17 Å². The zero-order valence-electron chi connectivity index (χ0n) is 20.1. The molecule has 0 N–H and O–H groups in total. The summed E-state index contributed by atoms with van der Waals surface area (Å²) < 4.78 is 2.50. The first-order valence-corrected chi connectivity index (χ1v) is 12.0. The fourth-order valence-corrected chi connectivity index (χ4v) is 5.75. The predicted octanol–water partition coefficient (Wildman–Crippen LogP) is 7.42. The van der Waals surface area contributed by atoms with Crippen LogP contribution in [0, 0.1) is 20.8 Å². The van der Waals surface area contributed by atoms with Gasteiger partial charge in [0.25, 0.3) is 0 Å². The molecule has 0 radical (unpaired) electrons. The van der Waals surface area contributed by atoms with Crippen molar-refractivity contribution < 1.29 is 0 Å². The highest BCUT2D eigenvalue weighted by atomic mass is 35.5. The fraction of sp³-hybridized carbons (Fsp3) is 0.333. The molecule has 2 heterocycles. The molecule has 33 heavy (non-hydrogen) atoms. The van der Waals surface area contributed by atoms with E-state index in [9.17, 15) is 0 Å². The number of hydrogen-bond acceptors (Lipinski definition) is 1. The summed E-state index contributed by atoms with van der Waals surface area (Å²) in [5, 5.41) is 1.41. The van der Waals surface area contributed by atoms with E-state index in [2.05, 4.69) is 103 Å². The number of hydrogen-bond donors (Lipinski definition) is 0. The van der Waals surface area contributed by atoms with Crippen molar-refractivity contribution in [1.82, 2.24) is 9.47 Å². The molecule has 0 aliphatic carbocycles. The lowest BCUT2D eigenvalue weighted by Crippen LogP contribution is -2.33. The molecule has 3 heteroatoms. The number of aryl methyl sites for hydroxylation is 2. The first-order chi connectivity index (χ1) is 15.6. The van der Waals surface area contributed by atoms with Crippen LogP contribution in [0.4, 0.5) is 0 Å². The van der Waals surface area contributed by atoms with Crippen molar-refractivity contribution >= 4 is 23.3 Å². The molecular weight excluding hydrogens is 424 g/mol. The van der Waals surface area contributed by atoms with E-state index in [0.29, 0.717) is 5.92 Å². The lowest BCUT2D eigenvalue weighted by molar-refractivity contribution is 0.204. The maximum atomic E-state index is 2.67. The molecule has 1 fully saturated rings. The van der Waals surface area contributed by atoms with Crippen molar-refractivity contribution in [3.8, 4) is 0 Å². The minimum atomic E-state index is 0. The average Bonchev–Trinajstić information content (AvgIpc) is 3.07. The Labute approximate surface area is 204 Å². The Morgan fingerprint density at radius 1 is 0.727 bits per heavy atom. The molecule has 2 nitrogen and oxygen atoms in total. The lowest BCUT2D eigenvalue weighted by Gasteiger charge is -2.33. The molecule has 1 aliphatic heterocycles. The first-order valence-electron chi connectivity index (χ1n) is 12.0. The second kappa shape index (κ2) is 10.2. The van der Waals surface area contributed by atoms with Gasteiger partial charge in [-0.3, -0.25) is 4.90 Å². The number of likely N-dealkylation sites (tertiary alicyclic amines) is 1. The van der Waals surface area contributed by atoms with Gasteiger partial charge in [0.05, 0.1) is 0 Å². The number of aromatic nitrogens is 1. The number of benzene rings is 3. The van der Waals surface area contributed by atoms with E-state index in [-0.39, 0.29) is 12.4 Å². The molecule has 0 unspecified atom stereocenters. The third kappa shape index (κ3) is 4.74. The third-order valence-corrected chi connectivity index (χ3v) is 7.46. The Bertz CT molecular complexity index is 1200. The van der Waals surface area contributed by atoms with Crippen molar-refractivity contribution in [2.75, 3.05) is 13.1 Å². The van der Waals surface area contributed by atoms with E-state index in [1.54, 1.807) is 5.56 Å².